The molecule has 0 unspecified atom stereocenters. The molecule has 156 valence electrons. The third-order valence-corrected chi connectivity index (χ3v) is 6.42. The Hall–Kier alpha value is -2.52. The Kier molecular flexibility index (Phi) is 6.29. The van der Waals surface area contributed by atoms with Gasteiger partial charge in [0, 0.05) is 53.2 Å². The van der Waals surface area contributed by atoms with Crippen molar-refractivity contribution in [3.05, 3.63) is 70.5 Å². The second-order valence-corrected chi connectivity index (χ2v) is 8.69. The summed E-state index contributed by atoms with van der Waals surface area (Å²) in [5.41, 5.74) is 0.738. The summed E-state index contributed by atoms with van der Waals surface area (Å²) in [7, 11) is 0. The molecule has 0 N–H and O–H groups in total. The van der Waals surface area contributed by atoms with E-state index < -0.39 is 17.5 Å². The molecule has 1 amide bonds. The summed E-state index contributed by atoms with van der Waals surface area (Å²) in [6.45, 7) is 1.21. The molecule has 1 aliphatic heterocycles. The van der Waals surface area contributed by atoms with Gasteiger partial charge in [-0.25, -0.2) is 18.2 Å². The van der Waals surface area contributed by atoms with Gasteiger partial charge >= 0.3 is 0 Å². The van der Waals surface area contributed by atoms with E-state index in [1.54, 1.807) is 16.3 Å². The number of ether oxygens (including phenoxy) is 1. The summed E-state index contributed by atoms with van der Waals surface area (Å²) in [6, 6.07) is 7.43. The van der Waals surface area contributed by atoms with Crippen LogP contribution in [0.5, 0.6) is 5.75 Å². The molecule has 0 atom stereocenters. The summed E-state index contributed by atoms with van der Waals surface area (Å²) in [4.78, 5) is 18.6. The highest BCUT2D eigenvalue weighted by atomic mass is 32.2. The molecule has 1 saturated heterocycles. The molecule has 9 heteroatoms. The number of nitrogens with zero attached hydrogens (tertiary/aromatic N) is 2. The SMILES string of the molecule is O=C(c1csc(-c2ccc(OCc3ccc(F)cc3F)cc2F)n1)N1CCSCC1. The fraction of sp³-hybridized carbons (Fsp3) is 0.238. The summed E-state index contributed by atoms with van der Waals surface area (Å²) in [5, 5.41) is 2.04. The van der Waals surface area contributed by atoms with E-state index in [9.17, 15) is 18.0 Å². The molecule has 0 radical (unpaired) electrons. The number of halogens is 3. The van der Waals surface area contributed by atoms with Crippen LogP contribution in [0.4, 0.5) is 13.2 Å². The van der Waals surface area contributed by atoms with E-state index in [2.05, 4.69) is 4.98 Å². The molecule has 4 rings (SSSR count). The smallest absolute Gasteiger partial charge is 0.273 e. The molecule has 1 fully saturated rings. The van der Waals surface area contributed by atoms with Crippen LogP contribution in [0.1, 0.15) is 16.1 Å². The van der Waals surface area contributed by atoms with Gasteiger partial charge in [0.1, 0.15) is 40.5 Å². The second kappa shape index (κ2) is 9.09. The summed E-state index contributed by atoms with van der Waals surface area (Å²) < 4.78 is 46.7. The van der Waals surface area contributed by atoms with Gasteiger partial charge < -0.3 is 9.64 Å². The molecule has 0 saturated carbocycles. The lowest BCUT2D eigenvalue weighted by Gasteiger charge is -2.25. The van der Waals surface area contributed by atoms with Gasteiger partial charge in [0.2, 0.25) is 0 Å². The first kappa shape index (κ1) is 20.7. The molecule has 1 aromatic heterocycles. The van der Waals surface area contributed by atoms with Crippen molar-refractivity contribution in [2.45, 2.75) is 6.61 Å². The minimum absolute atomic E-state index is 0.139. The van der Waals surface area contributed by atoms with Crippen molar-refractivity contribution in [2.75, 3.05) is 24.6 Å². The van der Waals surface area contributed by atoms with Gasteiger partial charge in [0.05, 0.1) is 0 Å². The zero-order chi connectivity index (χ0) is 21.1. The second-order valence-electron chi connectivity index (χ2n) is 6.61. The van der Waals surface area contributed by atoms with Crippen LogP contribution in [0, 0.1) is 17.5 Å². The molecular formula is C21H17F3N2O2S2. The minimum atomic E-state index is -0.723. The molecule has 0 bridgehead atoms. The van der Waals surface area contributed by atoms with Crippen molar-refractivity contribution >= 4 is 29.0 Å². The fourth-order valence-corrected chi connectivity index (χ4v) is 4.71. The number of aromatic nitrogens is 1. The Balaban J connectivity index is 1.45. The summed E-state index contributed by atoms with van der Waals surface area (Å²) >= 11 is 3.01. The third-order valence-electron chi connectivity index (χ3n) is 4.60. The lowest BCUT2D eigenvalue weighted by atomic mass is 10.2. The van der Waals surface area contributed by atoms with Gasteiger partial charge in [-0.3, -0.25) is 4.79 Å². The van der Waals surface area contributed by atoms with Crippen molar-refractivity contribution in [1.82, 2.24) is 9.88 Å². The van der Waals surface area contributed by atoms with Crippen LogP contribution in [0.15, 0.2) is 41.8 Å². The zero-order valence-corrected chi connectivity index (χ0v) is 17.4. The van der Waals surface area contributed by atoms with Crippen LogP contribution in [0.25, 0.3) is 10.6 Å². The van der Waals surface area contributed by atoms with Gasteiger partial charge in [-0.05, 0) is 24.3 Å². The molecule has 1 aliphatic rings. The van der Waals surface area contributed by atoms with E-state index in [1.165, 1.54) is 29.5 Å². The van der Waals surface area contributed by atoms with Crippen LogP contribution < -0.4 is 4.74 Å². The lowest BCUT2D eigenvalue weighted by Crippen LogP contribution is -2.38. The van der Waals surface area contributed by atoms with Crippen LogP contribution in [-0.4, -0.2) is 40.4 Å². The minimum Gasteiger partial charge on any atom is -0.489 e. The van der Waals surface area contributed by atoms with Crippen molar-refractivity contribution in [3.63, 3.8) is 0 Å². The lowest BCUT2D eigenvalue weighted by molar-refractivity contribution is 0.0767. The third kappa shape index (κ3) is 4.62. The van der Waals surface area contributed by atoms with Gasteiger partial charge in [0.15, 0.2) is 0 Å². The normalized spacial score (nSPS) is 14.0. The predicted octanol–water partition coefficient (Wildman–Crippen LogP) is 5.00. The number of carbonyl (C=O) groups is 1. The fourth-order valence-electron chi connectivity index (χ4n) is 2.98. The Morgan fingerprint density at radius 2 is 1.87 bits per heavy atom. The molecule has 0 spiro atoms. The van der Waals surface area contributed by atoms with Gasteiger partial charge in [-0.15, -0.1) is 11.3 Å². The van der Waals surface area contributed by atoms with Crippen molar-refractivity contribution < 1.29 is 22.7 Å². The zero-order valence-electron chi connectivity index (χ0n) is 15.7. The van der Waals surface area contributed by atoms with E-state index >= 15 is 0 Å². The highest BCUT2D eigenvalue weighted by molar-refractivity contribution is 7.99. The maximum Gasteiger partial charge on any atom is 0.273 e. The average molecular weight is 451 g/mol. The Morgan fingerprint density at radius 3 is 2.60 bits per heavy atom. The van der Waals surface area contributed by atoms with Crippen molar-refractivity contribution in [3.8, 4) is 16.3 Å². The average Bonchev–Trinajstić information content (AvgIpc) is 3.23. The maximum absolute atomic E-state index is 14.6. The molecular weight excluding hydrogens is 433 g/mol. The van der Waals surface area contributed by atoms with Gasteiger partial charge in [-0.1, -0.05) is 0 Å². The number of carbonyl (C=O) groups excluding carboxylic acids is 1. The van der Waals surface area contributed by atoms with Crippen molar-refractivity contribution in [1.29, 1.82) is 0 Å². The molecule has 2 heterocycles. The number of benzene rings is 2. The Morgan fingerprint density at radius 1 is 1.07 bits per heavy atom. The monoisotopic (exact) mass is 450 g/mol. The molecule has 2 aromatic carbocycles. The highest BCUT2D eigenvalue weighted by Crippen LogP contribution is 2.30. The van der Waals surface area contributed by atoms with Crippen molar-refractivity contribution in [2.24, 2.45) is 0 Å². The molecule has 0 aliphatic carbocycles. The number of rotatable bonds is 5. The van der Waals surface area contributed by atoms with Gasteiger partial charge in [-0.2, -0.15) is 11.8 Å². The first-order chi connectivity index (χ1) is 14.5. The summed E-state index contributed by atoms with van der Waals surface area (Å²) in [6.07, 6.45) is 0. The summed E-state index contributed by atoms with van der Waals surface area (Å²) in [5.74, 6) is -0.0826. The van der Waals surface area contributed by atoms with E-state index in [4.69, 9.17) is 4.74 Å². The largest absolute Gasteiger partial charge is 0.489 e. The van der Waals surface area contributed by atoms with Crippen LogP contribution in [0.2, 0.25) is 0 Å². The standard InChI is InChI=1S/C21H17F3N2O2S2/c22-14-2-1-13(17(23)9-14)11-28-15-3-4-16(18(24)10-15)20-25-19(12-30-20)21(27)26-5-7-29-8-6-26/h1-4,9-10,12H,5-8,11H2. The van der Waals surface area contributed by atoms with E-state index in [1.807, 2.05) is 11.8 Å². The topological polar surface area (TPSA) is 42.4 Å². The van der Waals surface area contributed by atoms with Gasteiger partial charge in [0.25, 0.3) is 5.91 Å². The van der Waals surface area contributed by atoms with E-state index in [0.717, 1.165) is 23.6 Å². The van der Waals surface area contributed by atoms with E-state index in [-0.39, 0.29) is 29.4 Å². The number of hydrogen-bond acceptors (Lipinski definition) is 5. The quantitative estimate of drug-likeness (QED) is 0.549. The molecule has 30 heavy (non-hydrogen) atoms. The molecule has 3 aromatic rings. The first-order valence-corrected chi connectivity index (χ1v) is 11.2. The highest BCUT2D eigenvalue weighted by Gasteiger charge is 2.22. The van der Waals surface area contributed by atoms with Crippen LogP contribution in [0.3, 0.4) is 0 Å². The Bertz CT molecular complexity index is 1070. The van der Waals surface area contributed by atoms with Crippen LogP contribution >= 0.6 is 23.1 Å². The van der Waals surface area contributed by atoms with Crippen LogP contribution in [-0.2, 0) is 6.61 Å². The Labute approximate surface area is 179 Å². The van der Waals surface area contributed by atoms with E-state index in [0.29, 0.717) is 23.8 Å². The maximum atomic E-state index is 14.6. The number of thioether (sulfide) groups is 1. The number of thiazole rings is 1. The first-order valence-electron chi connectivity index (χ1n) is 9.20. The number of hydrogen-bond donors (Lipinski definition) is 0. The predicted molar refractivity (Wildman–Crippen MR) is 111 cm³/mol. The number of amides is 1. The molecule has 4 nitrogen and oxygen atoms in total.